The first kappa shape index (κ1) is 13.5. The second-order valence-electron chi connectivity index (χ2n) is 5.41. The molecule has 0 aliphatic rings. The molecule has 1 aromatic carbocycles. The van der Waals surface area contributed by atoms with Gasteiger partial charge in [0.25, 0.3) is 0 Å². The van der Waals surface area contributed by atoms with Crippen molar-refractivity contribution in [2.24, 2.45) is 0 Å². The molecule has 1 aromatic heterocycles. The quantitative estimate of drug-likeness (QED) is 0.779. The molecule has 19 heavy (non-hydrogen) atoms. The third-order valence-electron chi connectivity index (χ3n) is 2.50. The number of hydrogen-bond acceptors (Lipinski definition) is 3. The van der Waals surface area contributed by atoms with Crippen molar-refractivity contribution in [1.29, 1.82) is 0 Å². The predicted octanol–water partition coefficient (Wildman–Crippen LogP) is 3.26. The van der Waals surface area contributed by atoms with Gasteiger partial charge >= 0.3 is 5.97 Å². The van der Waals surface area contributed by atoms with Crippen molar-refractivity contribution in [2.75, 3.05) is 0 Å². The maximum atomic E-state index is 13.8. The van der Waals surface area contributed by atoms with Gasteiger partial charge in [0.05, 0.1) is 11.9 Å². The van der Waals surface area contributed by atoms with Gasteiger partial charge in [0.15, 0.2) is 0 Å². The molecule has 0 unspecified atom stereocenters. The van der Waals surface area contributed by atoms with E-state index in [0.717, 1.165) is 0 Å². The number of carbonyl (C=O) groups excluding carboxylic acids is 1. The van der Waals surface area contributed by atoms with Gasteiger partial charge in [-0.3, -0.25) is 9.78 Å². The molecular formula is C15H16FNO2. The minimum absolute atomic E-state index is 0.0424. The number of rotatable bonds is 2. The van der Waals surface area contributed by atoms with Gasteiger partial charge in [-0.05, 0) is 50.6 Å². The summed E-state index contributed by atoms with van der Waals surface area (Å²) in [5, 5.41) is 0.454. The smallest absolute Gasteiger partial charge is 0.310 e. The summed E-state index contributed by atoms with van der Waals surface area (Å²) in [6.07, 6.45) is 1.64. The molecule has 0 spiro atoms. The largest absolute Gasteiger partial charge is 0.460 e. The Kier molecular flexibility index (Phi) is 3.51. The van der Waals surface area contributed by atoms with E-state index in [1.807, 2.05) is 0 Å². The lowest BCUT2D eigenvalue weighted by Gasteiger charge is -2.19. The Labute approximate surface area is 111 Å². The van der Waals surface area contributed by atoms with E-state index in [-0.39, 0.29) is 18.2 Å². The fraction of sp³-hybridized carbons (Fsp3) is 0.333. The summed E-state index contributed by atoms with van der Waals surface area (Å²) in [5.41, 5.74) is 0.573. The number of benzene rings is 1. The van der Waals surface area contributed by atoms with Crippen LogP contribution in [0.15, 0.2) is 30.5 Å². The Morgan fingerprint density at radius 3 is 2.79 bits per heavy atom. The summed E-state index contributed by atoms with van der Waals surface area (Å²) in [6, 6.07) is 6.41. The van der Waals surface area contributed by atoms with Crippen molar-refractivity contribution < 1.29 is 13.9 Å². The topological polar surface area (TPSA) is 39.2 Å². The lowest BCUT2D eigenvalue weighted by atomic mass is 10.1. The van der Waals surface area contributed by atoms with Crippen LogP contribution in [0.2, 0.25) is 0 Å². The number of pyridine rings is 1. The first-order valence-corrected chi connectivity index (χ1v) is 6.10. The van der Waals surface area contributed by atoms with E-state index >= 15 is 0 Å². The van der Waals surface area contributed by atoms with E-state index in [0.29, 0.717) is 16.5 Å². The van der Waals surface area contributed by atoms with Gasteiger partial charge in [0, 0.05) is 11.6 Å². The SMILES string of the molecule is CC(C)(C)OC(=O)Cc1cc(F)c2cccnc2c1. The van der Waals surface area contributed by atoms with Crippen LogP contribution in [0.1, 0.15) is 26.3 Å². The molecule has 0 aliphatic heterocycles. The van der Waals surface area contributed by atoms with Crippen LogP contribution in [0.3, 0.4) is 0 Å². The lowest BCUT2D eigenvalue weighted by molar-refractivity contribution is -0.153. The van der Waals surface area contributed by atoms with Gasteiger partial charge in [0.2, 0.25) is 0 Å². The number of nitrogens with zero attached hydrogens (tertiary/aromatic N) is 1. The van der Waals surface area contributed by atoms with Crippen molar-refractivity contribution >= 4 is 16.9 Å². The Morgan fingerprint density at radius 2 is 2.11 bits per heavy atom. The molecule has 4 heteroatoms. The zero-order valence-electron chi connectivity index (χ0n) is 11.2. The number of fused-ring (bicyclic) bond motifs is 1. The predicted molar refractivity (Wildman–Crippen MR) is 71.3 cm³/mol. The summed E-state index contributed by atoms with van der Waals surface area (Å²) in [5.74, 6) is -0.744. The van der Waals surface area contributed by atoms with Crippen molar-refractivity contribution in [2.45, 2.75) is 32.8 Å². The van der Waals surface area contributed by atoms with Crippen LogP contribution in [0.25, 0.3) is 10.9 Å². The van der Waals surface area contributed by atoms with Crippen molar-refractivity contribution in [1.82, 2.24) is 4.98 Å². The first-order valence-electron chi connectivity index (χ1n) is 6.10. The van der Waals surface area contributed by atoms with Gasteiger partial charge in [-0.25, -0.2) is 4.39 Å². The summed E-state index contributed by atoms with van der Waals surface area (Å²) >= 11 is 0. The standard InChI is InChI=1S/C15H16FNO2/c1-15(2,3)19-14(18)9-10-7-12(16)11-5-4-6-17-13(11)8-10/h4-8H,9H2,1-3H3. The number of halogens is 1. The van der Waals surface area contributed by atoms with Gasteiger partial charge in [-0.1, -0.05) is 0 Å². The molecule has 0 bridgehead atoms. The molecule has 0 amide bonds. The Hall–Kier alpha value is -1.97. The van der Waals surface area contributed by atoms with Crippen molar-refractivity contribution in [3.63, 3.8) is 0 Å². The molecule has 0 saturated carbocycles. The highest BCUT2D eigenvalue weighted by Gasteiger charge is 2.17. The molecular weight excluding hydrogens is 245 g/mol. The highest BCUT2D eigenvalue weighted by atomic mass is 19.1. The minimum atomic E-state index is -0.537. The number of esters is 1. The van der Waals surface area contributed by atoms with E-state index in [4.69, 9.17) is 4.74 Å². The molecule has 0 radical (unpaired) electrons. The zero-order valence-corrected chi connectivity index (χ0v) is 11.2. The first-order chi connectivity index (χ1) is 8.85. The van der Waals surface area contributed by atoms with Crippen LogP contribution in [-0.4, -0.2) is 16.6 Å². The summed E-state index contributed by atoms with van der Waals surface area (Å²) < 4.78 is 19.1. The molecule has 0 saturated heterocycles. The van der Waals surface area contributed by atoms with Crippen LogP contribution in [0.4, 0.5) is 4.39 Å². The van der Waals surface area contributed by atoms with Crippen LogP contribution in [0.5, 0.6) is 0 Å². The second kappa shape index (κ2) is 4.96. The summed E-state index contributed by atoms with van der Waals surface area (Å²) in [6.45, 7) is 5.40. The number of ether oxygens (including phenoxy) is 1. The van der Waals surface area contributed by atoms with Crippen LogP contribution in [-0.2, 0) is 16.0 Å². The third kappa shape index (κ3) is 3.50. The van der Waals surface area contributed by atoms with E-state index < -0.39 is 5.60 Å². The Balaban J connectivity index is 2.24. The molecule has 1 heterocycles. The normalized spacial score (nSPS) is 11.6. The van der Waals surface area contributed by atoms with Crippen LogP contribution in [0, 0.1) is 5.82 Å². The maximum Gasteiger partial charge on any atom is 0.310 e. The van der Waals surface area contributed by atoms with Gasteiger partial charge in [-0.15, -0.1) is 0 Å². The van der Waals surface area contributed by atoms with E-state index in [1.165, 1.54) is 6.07 Å². The fourth-order valence-corrected chi connectivity index (χ4v) is 1.84. The summed E-state index contributed by atoms with van der Waals surface area (Å²) in [7, 11) is 0. The number of carbonyl (C=O) groups is 1. The highest BCUT2D eigenvalue weighted by Crippen LogP contribution is 2.19. The molecule has 2 aromatic rings. The molecule has 100 valence electrons. The fourth-order valence-electron chi connectivity index (χ4n) is 1.84. The molecule has 0 atom stereocenters. The average Bonchev–Trinajstić information content (AvgIpc) is 2.26. The van der Waals surface area contributed by atoms with E-state index in [9.17, 15) is 9.18 Å². The molecule has 3 nitrogen and oxygen atoms in total. The minimum Gasteiger partial charge on any atom is -0.460 e. The van der Waals surface area contributed by atoms with Crippen LogP contribution >= 0.6 is 0 Å². The molecule has 0 fully saturated rings. The van der Waals surface area contributed by atoms with Crippen LogP contribution < -0.4 is 0 Å². The van der Waals surface area contributed by atoms with E-state index in [2.05, 4.69) is 4.98 Å². The average molecular weight is 261 g/mol. The molecule has 2 rings (SSSR count). The zero-order chi connectivity index (χ0) is 14.0. The van der Waals surface area contributed by atoms with Gasteiger partial charge < -0.3 is 4.74 Å². The Bertz CT molecular complexity index is 617. The summed E-state index contributed by atoms with van der Waals surface area (Å²) in [4.78, 5) is 15.8. The molecule has 0 N–H and O–H groups in total. The van der Waals surface area contributed by atoms with Gasteiger partial charge in [0.1, 0.15) is 11.4 Å². The lowest BCUT2D eigenvalue weighted by Crippen LogP contribution is -2.24. The molecule has 0 aliphatic carbocycles. The number of hydrogen-bond donors (Lipinski definition) is 0. The van der Waals surface area contributed by atoms with Crippen molar-refractivity contribution in [3.05, 3.63) is 41.8 Å². The van der Waals surface area contributed by atoms with Crippen molar-refractivity contribution in [3.8, 4) is 0 Å². The second-order valence-corrected chi connectivity index (χ2v) is 5.41. The monoisotopic (exact) mass is 261 g/mol. The number of aromatic nitrogens is 1. The van der Waals surface area contributed by atoms with Gasteiger partial charge in [-0.2, -0.15) is 0 Å². The Morgan fingerprint density at radius 1 is 1.37 bits per heavy atom. The highest BCUT2D eigenvalue weighted by molar-refractivity contribution is 5.81. The van der Waals surface area contributed by atoms with E-state index in [1.54, 1.807) is 45.2 Å². The third-order valence-corrected chi connectivity index (χ3v) is 2.50. The maximum absolute atomic E-state index is 13.8.